The lowest BCUT2D eigenvalue weighted by Gasteiger charge is -2.22. The average molecular weight is 426 g/mol. The van der Waals surface area contributed by atoms with Gasteiger partial charge in [0, 0.05) is 40.0 Å². The zero-order chi connectivity index (χ0) is 21.2. The second kappa shape index (κ2) is 17.7. The van der Waals surface area contributed by atoms with Gasteiger partial charge in [0.2, 0.25) is 0 Å². The zero-order valence-corrected chi connectivity index (χ0v) is 17.4. The van der Waals surface area contributed by atoms with E-state index in [4.69, 9.17) is 26.1 Å². The van der Waals surface area contributed by atoms with Crippen LogP contribution in [0.2, 0.25) is 0 Å². The van der Waals surface area contributed by atoms with Crippen molar-refractivity contribution in [3.05, 3.63) is 0 Å². The SMILES string of the molecule is CC(=O)OCC(COC(C)=O)OCCCN(CCO)CCCCCC(=O)OCl. The predicted octanol–water partition coefficient (Wildman–Crippen LogP) is 1.44. The molecule has 0 fully saturated rings. The molecule has 28 heavy (non-hydrogen) atoms. The van der Waals surface area contributed by atoms with Gasteiger partial charge in [-0.3, -0.25) is 14.4 Å². The average Bonchev–Trinajstić information content (AvgIpc) is 2.65. The van der Waals surface area contributed by atoms with Gasteiger partial charge in [-0.2, -0.15) is 0 Å². The molecule has 0 aliphatic carbocycles. The molecule has 0 amide bonds. The number of unbranched alkanes of at least 4 members (excludes halogenated alkanes) is 2. The van der Waals surface area contributed by atoms with E-state index < -0.39 is 24.0 Å². The summed E-state index contributed by atoms with van der Waals surface area (Å²) in [7, 11) is 0. The number of rotatable bonds is 17. The van der Waals surface area contributed by atoms with E-state index in [9.17, 15) is 19.5 Å². The molecule has 0 radical (unpaired) electrons. The lowest BCUT2D eigenvalue weighted by molar-refractivity contribution is -0.152. The van der Waals surface area contributed by atoms with Crippen molar-refractivity contribution in [3.63, 3.8) is 0 Å². The number of hydrogen-bond acceptors (Lipinski definition) is 9. The van der Waals surface area contributed by atoms with Gasteiger partial charge < -0.3 is 28.5 Å². The summed E-state index contributed by atoms with van der Waals surface area (Å²) in [4.78, 5) is 34.9. The molecule has 1 N–H and O–H groups in total. The highest BCUT2D eigenvalue weighted by atomic mass is 35.5. The first-order valence-corrected chi connectivity index (χ1v) is 9.72. The van der Waals surface area contributed by atoms with Gasteiger partial charge in [-0.05, 0) is 25.8 Å². The number of carbonyl (C=O) groups excluding carboxylic acids is 3. The monoisotopic (exact) mass is 425 g/mol. The molecule has 0 bridgehead atoms. The fraction of sp³-hybridized carbons (Fsp3) is 0.833. The highest BCUT2D eigenvalue weighted by molar-refractivity contribution is 6.13. The third kappa shape index (κ3) is 16.7. The van der Waals surface area contributed by atoms with Gasteiger partial charge in [-0.15, -0.1) is 0 Å². The second-order valence-electron chi connectivity index (χ2n) is 6.28. The molecule has 0 aromatic rings. The number of halogens is 1. The van der Waals surface area contributed by atoms with Gasteiger partial charge in [0.25, 0.3) is 0 Å². The number of carbonyl (C=O) groups is 3. The Kier molecular flexibility index (Phi) is 16.8. The molecule has 0 saturated heterocycles. The lowest BCUT2D eigenvalue weighted by atomic mass is 10.2. The highest BCUT2D eigenvalue weighted by Crippen LogP contribution is 2.05. The summed E-state index contributed by atoms with van der Waals surface area (Å²) in [5.41, 5.74) is 0. The second-order valence-corrected chi connectivity index (χ2v) is 6.43. The molecular formula is C18H32ClNO8. The number of nitrogens with zero attached hydrogens (tertiary/aromatic N) is 1. The molecule has 10 heteroatoms. The van der Waals surface area contributed by atoms with E-state index in [1.54, 1.807) is 0 Å². The van der Waals surface area contributed by atoms with E-state index in [1.165, 1.54) is 13.8 Å². The van der Waals surface area contributed by atoms with E-state index in [-0.39, 0.29) is 19.8 Å². The van der Waals surface area contributed by atoms with Crippen LogP contribution < -0.4 is 0 Å². The van der Waals surface area contributed by atoms with Crippen LogP contribution in [0.1, 0.15) is 46.0 Å². The minimum absolute atomic E-state index is 0.0215. The van der Waals surface area contributed by atoms with Crippen molar-refractivity contribution in [2.45, 2.75) is 52.1 Å². The maximum absolute atomic E-state index is 10.9. The predicted molar refractivity (Wildman–Crippen MR) is 102 cm³/mol. The summed E-state index contributed by atoms with van der Waals surface area (Å²) in [6, 6.07) is 0. The quantitative estimate of drug-likeness (QED) is 0.273. The number of aliphatic hydroxyl groups is 1. The Morgan fingerprint density at radius 3 is 2.07 bits per heavy atom. The summed E-state index contributed by atoms with van der Waals surface area (Å²) < 4.78 is 19.6. The Morgan fingerprint density at radius 2 is 1.54 bits per heavy atom. The largest absolute Gasteiger partial charge is 0.463 e. The van der Waals surface area contributed by atoms with Crippen molar-refractivity contribution in [3.8, 4) is 0 Å². The Bertz CT molecular complexity index is 431. The standard InChI is InChI=1S/C18H32ClNO8/c1-15(22)26-13-17(14-27-16(2)23)25-12-6-9-20(10-11-21)8-5-3-4-7-18(24)28-19/h17,21H,3-14H2,1-2H3. The van der Waals surface area contributed by atoms with Crippen molar-refractivity contribution in [1.29, 1.82) is 0 Å². The molecule has 0 aromatic carbocycles. The van der Waals surface area contributed by atoms with Gasteiger partial charge in [-0.25, -0.2) is 0 Å². The molecule has 0 unspecified atom stereocenters. The Hall–Kier alpha value is -1.42. The molecule has 0 atom stereocenters. The Balaban J connectivity index is 4.08. The number of ether oxygens (including phenoxy) is 3. The molecular weight excluding hydrogens is 394 g/mol. The summed E-state index contributed by atoms with van der Waals surface area (Å²) >= 11 is 4.97. The van der Waals surface area contributed by atoms with Crippen LogP contribution in [-0.4, -0.2) is 80.1 Å². The van der Waals surface area contributed by atoms with Crippen molar-refractivity contribution in [2.75, 3.05) is 46.1 Å². The lowest BCUT2D eigenvalue weighted by Crippen LogP contribution is -2.31. The van der Waals surface area contributed by atoms with Gasteiger partial charge in [0.1, 0.15) is 31.2 Å². The zero-order valence-electron chi connectivity index (χ0n) is 16.7. The third-order valence-corrected chi connectivity index (χ3v) is 3.95. The summed E-state index contributed by atoms with van der Waals surface area (Å²) in [6.45, 7) is 5.16. The number of hydrogen-bond donors (Lipinski definition) is 1. The van der Waals surface area contributed by atoms with Crippen LogP contribution in [0.4, 0.5) is 0 Å². The van der Waals surface area contributed by atoms with Crippen molar-refractivity contribution in [2.24, 2.45) is 0 Å². The fourth-order valence-electron chi connectivity index (χ4n) is 2.40. The molecule has 0 aliphatic heterocycles. The third-order valence-electron chi connectivity index (χ3n) is 3.77. The molecule has 0 aliphatic rings. The molecule has 164 valence electrons. The van der Waals surface area contributed by atoms with E-state index in [0.29, 0.717) is 32.4 Å². The van der Waals surface area contributed by atoms with Crippen molar-refractivity contribution in [1.82, 2.24) is 4.90 Å². The van der Waals surface area contributed by atoms with Crippen molar-refractivity contribution < 1.29 is 38.0 Å². The fourth-order valence-corrected chi connectivity index (χ4v) is 2.48. The summed E-state index contributed by atoms with van der Waals surface area (Å²) in [5, 5.41) is 9.19. The van der Waals surface area contributed by atoms with E-state index in [1.807, 2.05) is 0 Å². The van der Waals surface area contributed by atoms with Crippen LogP contribution in [0.25, 0.3) is 0 Å². The minimum Gasteiger partial charge on any atom is -0.463 e. The molecule has 9 nitrogen and oxygen atoms in total. The van der Waals surface area contributed by atoms with Gasteiger partial charge in [0.15, 0.2) is 0 Å². The highest BCUT2D eigenvalue weighted by Gasteiger charge is 2.14. The summed E-state index contributed by atoms with van der Waals surface area (Å²) in [6.07, 6.45) is 2.93. The van der Waals surface area contributed by atoms with E-state index in [0.717, 1.165) is 25.9 Å². The van der Waals surface area contributed by atoms with Crippen LogP contribution in [0.5, 0.6) is 0 Å². The first-order chi connectivity index (χ1) is 13.4. The Labute approximate surface area is 171 Å². The maximum Gasteiger partial charge on any atom is 0.324 e. The van der Waals surface area contributed by atoms with E-state index >= 15 is 0 Å². The van der Waals surface area contributed by atoms with E-state index in [2.05, 4.69) is 9.19 Å². The van der Waals surface area contributed by atoms with Crippen LogP contribution in [-0.2, 0) is 32.9 Å². The van der Waals surface area contributed by atoms with Crippen LogP contribution in [0.15, 0.2) is 0 Å². The molecule has 0 heterocycles. The topological polar surface area (TPSA) is 112 Å². The smallest absolute Gasteiger partial charge is 0.324 e. The molecule has 0 spiro atoms. The first-order valence-electron chi connectivity index (χ1n) is 9.42. The van der Waals surface area contributed by atoms with Crippen LogP contribution in [0, 0.1) is 0 Å². The van der Waals surface area contributed by atoms with Gasteiger partial charge >= 0.3 is 17.9 Å². The van der Waals surface area contributed by atoms with Gasteiger partial charge in [-0.1, -0.05) is 6.42 Å². The number of aliphatic hydroxyl groups excluding tert-OH is 1. The summed E-state index contributed by atoms with van der Waals surface area (Å²) in [5.74, 6) is -1.28. The molecule has 0 rings (SSSR count). The van der Waals surface area contributed by atoms with Crippen molar-refractivity contribution >= 4 is 29.8 Å². The number of esters is 2. The van der Waals surface area contributed by atoms with Crippen LogP contribution in [0.3, 0.4) is 0 Å². The molecule has 0 aromatic heterocycles. The first kappa shape index (κ1) is 26.6. The molecule has 0 saturated carbocycles. The van der Waals surface area contributed by atoms with Gasteiger partial charge in [0.05, 0.1) is 6.61 Å². The van der Waals surface area contributed by atoms with Crippen LogP contribution >= 0.6 is 11.9 Å². The normalized spacial score (nSPS) is 10.9. The Morgan fingerprint density at radius 1 is 0.929 bits per heavy atom. The minimum atomic E-state index is -0.513. The maximum atomic E-state index is 10.9.